The predicted molar refractivity (Wildman–Crippen MR) is 46.7 cm³/mol. The molecule has 0 aliphatic rings. The maximum atomic E-state index is 3.72. The summed E-state index contributed by atoms with van der Waals surface area (Å²) in [6, 6.07) is 0. The molecular weight excluding hydrogens is 120 g/mol. The van der Waals surface area contributed by atoms with Gasteiger partial charge in [-0.25, -0.2) is 0 Å². The fourth-order valence-corrected chi connectivity index (χ4v) is 0.718. The van der Waals surface area contributed by atoms with Crippen molar-refractivity contribution >= 4 is 0 Å². The van der Waals surface area contributed by atoms with Crippen molar-refractivity contribution in [3.05, 3.63) is 12.2 Å². The molecule has 0 saturated carbocycles. The summed E-state index contributed by atoms with van der Waals surface area (Å²) in [5, 5.41) is 0. The normalized spacial score (nSPS) is 8.80. The van der Waals surface area contributed by atoms with E-state index in [-0.39, 0.29) is 0 Å². The molecule has 0 heteroatoms. The van der Waals surface area contributed by atoms with Crippen molar-refractivity contribution in [3.8, 4) is 11.8 Å². The van der Waals surface area contributed by atoms with Gasteiger partial charge in [0.25, 0.3) is 0 Å². The van der Waals surface area contributed by atoms with Crippen LogP contribution in [0.15, 0.2) is 12.2 Å². The van der Waals surface area contributed by atoms with Crippen molar-refractivity contribution in [2.24, 2.45) is 5.92 Å². The molecule has 0 nitrogen and oxygen atoms in total. The quantitative estimate of drug-likeness (QED) is 0.512. The van der Waals surface area contributed by atoms with Gasteiger partial charge in [-0.15, -0.1) is 0 Å². The van der Waals surface area contributed by atoms with Crippen LogP contribution in [0.3, 0.4) is 0 Å². The minimum atomic E-state index is 0.566. The van der Waals surface area contributed by atoms with Gasteiger partial charge in [0.1, 0.15) is 0 Å². The van der Waals surface area contributed by atoms with Crippen LogP contribution < -0.4 is 0 Å². The summed E-state index contributed by atoms with van der Waals surface area (Å²) >= 11 is 0. The van der Waals surface area contributed by atoms with E-state index in [9.17, 15) is 0 Å². The summed E-state index contributed by atoms with van der Waals surface area (Å²) in [5.41, 5.74) is 0.965. The topological polar surface area (TPSA) is 0 Å². The second kappa shape index (κ2) is 5.11. The third kappa shape index (κ3) is 4.21. The number of hydrogen-bond donors (Lipinski definition) is 0. The van der Waals surface area contributed by atoms with E-state index in [0.29, 0.717) is 5.92 Å². The Morgan fingerprint density at radius 1 is 1.40 bits per heavy atom. The Morgan fingerprint density at radius 3 is 2.20 bits per heavy atom. The van der Waals surface area contributed by atoms with Gasteiger partial charge in [0, 0.05) is 5.92 Å². The molecule has 0 N–H and O–H groups in total. The Kier molecular flexibility index (Phi) is 4.76. The summed E-state index contributed by atoms with van der Waals surface area (Å²) in [5.74, 6) is 6.74. The summed E-state index contributed by atoms with van der Waals surface area (Å²) in [6.07, 6.45) is 2.30. The first-order valence-electron chi connectivity index (χ1n) is 3.87. The number of rotatable bonds is 2. The minimum absolute atomic E-state index is 0.566. The molecule has 0 aromatic rings. The highest BCUT2D eigenvalue weighted by molar-refractivity contribution is 5.23. The van der Waals surface area contributed by atoms with Crippen molar-refractivity contribution in [3.63, 3.8) is 0 Å². The molecule has 0 aliphatic carbocycles. The van der Waals surface area contributed by atoms with E-state index in [4.69, 9.17) is 0 Å². The van der Waals surface area contributed by atoms with Gasteiger partial charge in [-0.1, -0.05) is 32.3 Å². The van der Waals surface area contributed by atoms with E-state index in [2.05, 4.69) is 32.3 Å². The molecule has 0 aromatic heterocycles. The summed E-state index contributed by atoms with van der Waals surface area (Å²) in [4.78, 5) is 0. The highest BCUT2D eigenvalue weighted by Gasteiger charge is 1.94. The Bertz CT molecular complexity index is 151. The number of allylic oxidation sites excluding steroid dienone is 1. The third-order valence-corrected chi connectivity index (χ3v) is 1.48. The molecule has 0 radical (unpaired) electrons. The van der Waals surface area contributed by atoms with Gasteiger partial charge >= 0.3 is 0 Å². The lowest BCUT2D eigenvalue weighted by Crippen LogP contribution is -1.90. The molecule has 10 heavy (non-hydrogen) atoms. The van der Waals surface area contributed by atoms with Gasteiger partial charge in [0.05, 0.1) is 0 Å². The van der Waals surface area contributed by atoms with Crippen LogP contribution in [0.2, 0.25) is 0 Å². The largest absolute Gasteiger partial charge is 0.0949 e. The summed E-state index contributed by atoms with van der Waals surface area (Å²) in [6.45, 7) is 10.00. The number of hydrogen-bond acceptors (Lipinski definition) is 0. The summed E-state index contributed by atoms with van der Waals surface area (Å²) < 4.78 is 0. The average molecular weight is 136 g/mol. The second-order valence-electron chi connectivity index (χ2n) is 2.56. The first-order chi connectivity index (χ1) is 4.70. The fraction of sp³-hybridized carbons (Fsp3) is 0.600. The molecule has 0 amide bonds. The molecule has 56 valence electrons. The van der Waals surface area contributed by atoms with Crippen LogP contribution in [0.25, 0.3) is 0 Å². The zero-order valence-corrected chi connectivity index (χ0v) is 7.20. The van der Waals surface area contributed by atoms with E-state index < -0.39 is 0 Å². The van der Waals surface area contributed by atoms with Gasteiger partial charge in [-0.2, -0.15) is 0 Å². The lowest BCUT2D eigenvalue weighted by Gasteiger charge is -2.00. The van der Waals surface area contributed by atoms with Crippen LogP contribution in [-0.4, -0.2) is 0 Å². The van der Waals surface area contributed by atoms with Gasteiger partial charge < -0.3 is 0 Å². The molecule has 0 aromatic carbocycles. The SMILES string of the molecule is C=C(C)C#CC(CC)CC. The van der Waals surface area contributed by atoms with Crippen LogP contribution in [0.1, 0.15) is 33.6 Å². The Balaban J connectivity index is 3.86. The van der Waals surface area contributed by atoms with Gasteiger partial charge in [-0.05, 0) is 25.3 Å². The molecular formula is C10H16. The molecule has 0 atom stereocenters. The fourth-order valence-electron chi connectivity index (χ4n) is 0.718. The van der Waals surface area contributed by atoms with Crippen LogP contribution in [0, 0.1) is 17.8 Å². The zero-order chi connectivity index (χ0) is 7.98. The molecule has 0 spiro atoms. The highest BCUT2D eigenvalue weighted by atomic mass is 14.0. The van der Waals surface area contributed by atoms with E-state index in [0.717, 1.165) is 18.4 Å². The lowest BCUT2D eigenvalue weighted by molar-refractivity contribution is 0.627. The Labute approximate surface area is 64.3 Å². The van der Waals surface area contributed by atoms with Crippen molar-refractivity contribution in [2.75, 3.05) is 0 Å². The van der Waals surface area contributed by atoms with Crippen LogP contribution in [-0.2, 0) is 0 Å². The first-order valence-corrected chi connectivity index (χ1v) is 3.87. The molecule has 0 unspecified atom stereocenters. The third-order valence-electron chi connectivity index (χ3n) is 1.48. The Hall–Kier alpha value is -0.700. The predicted octanol–water partition coefficient (Wildman–Crippen LogP) is 3.00. The average Bonchev–Trinajstić information content (AvgIpc) is 1.90. The van der Waals surface area contributed by atoms with Crippen molar-refractivity contribution in [2.45, 2.75) is 33.6 Å². The van der Waals surface area contributed by atoms with Crippen LogP contribution in [0.5, 0.6) is 0 Å². The lowest BCUT2D eigenvalue weighted by atomic mass is 10.0. The highest BCUT2D eigenvalue weighted by Crippen LogP contribution is 2.04. The maximum Gasteiger partial charge on any atom is 0.0201 e. The zero-order valence-electron chi connectivity index (χ0n) is 7.20. The molecule has 0 aliphatic heterocycles. The Morgan fingerprint density at radius 2 is 1.90 bits per heavy atom. The molecule has 0 rings (SSSR count). The second-order valence-corrected chi connectivity index (χ2v) is 2.56. The van der Waals surface area contributed by atoms with Gasteiger partial charge in [0.15, 0.2) is 0 Å². The van der Waals surface area contributed by atoms with Crippen molar-refractivity contribution in [1.29, 1.82) is 0 Å². The van der Waals surface area contributed by atoms with E-state index in [1.165, 1.54) is 0 Å². The minimum Gasteiger partial charge on any atom is -0.0949 e. The molecule has 0 fully saturated rings. The van der Waals surface area contributed by atoms with Crippen LogP contribution in [0.4, 0.5) is 0 Å². The maximum absolute atomic E-state index is 3.72. The molecule has 0 saturated heterocycles. The summed E-state index contributed by atoms with van der Waals surface area (Å²) in [7, 11) is 0. The molecule has 0 bridgehead atoms. The molecule has 0 heterocycles. The monoisotopic (exact) mass is 136 g/mol. The van der Waals surface area contributed by atoms with Crippen LogP contribution >= 0.6 is 0 Å². The van der Waals surface area contributed by atoms with E-state index in [1.807, 2.05) is 6.92 Å². The van der Waals surface area contributed by atoms with Gasteiger partial charge in [0.2, 0.25) is 0 Å². The van der Waals surface area contributed by atoms with E-state index >= 15 is 0 Å². The van der Waals surface area contributed by atoms with Gasteiger partial charge in [-0.3, -0.25) is 0 Å². The first kappa shape index (κ1) is 9.30. The smallest absolute Gasteiger partial charge is 0.0201 e. The van der Waals surface area contributed by atoms with Crippen molar-refractivity contribution < 1.29 is 0 Å². The standard InChI is InChI=1S/C10H16/c1-5-10(6-2)8-7-9(3)4/h10H,3,5-6H2,1-2,4H3. The van der Waals surface area contributed by atoms with E-state index in [1.54, 1.807) is 0 Å². The van der Waals surface area contributed by atoms with Crippen molar-refractivity contribution in [1.82, 2.24) is 0 Å².